The zero-order chi connectivity index (χ0) is 18.5. The van der Waals surface area contributed by atoms with Crippen LogP contribution >= 0.6 is 0 Å². The van der Waals surface area contributed by atoms with E-state index in [2.05, 4.69) is 25.4 Å². The lowest BCUT2D eigenvalue weighted by molar-refractivity contribution is -0.123. The third kappa shape index (κ3) is 4.45. The van der Waals surface area contributed by atoms with Gasteiger partial charge in [-0.3, -0.25) is 19.6 Å². The quantitative estimate of drug-likeness (QED) is 0.824. The highest BCUT2D eigenvalue weighted by Gasteiger charge is 2.25. The topological polar surface area (TPSA) is 94.2 Å². The first kappa shape index (κ1) is 18.1. The predicted molar refractivity (Wildman–Crippen MR) is 96.5 cm³/mol. The first-order valence-electron chi connectivity index (χ1n) is 8.76. The monoisotopic (exact) mass is 356 g/mol. The van der Waals surface area contributed by atoms with Crippen LogP contribution in [0.25, 0.3) is 0 Å². The number of nitrogens with one attached hydrogen (secondary N) is 2. The molecule has 0 saturated carbocycles. The van der Waals surface area contributed by atoms with Crippen LogP contribution in [-0.4, -0.2) is 69.5 Å². The smallest absolute Gasteiger partial charge is 0.291 e. The minimum Gasteiger partial charge on any atom is -0.348 e. The Kier molecular flexibility index (Phi) is 5.62. The van der Waals surface area contributed by atoms with Crippen LogP contribution in [0.2, 0.25) is 0 Å². The molecule has 2 heterocycles. The molecule has 1 aliphatic heterocycles. The number of hydrogen-bond acceptors (Lipinski definition) is 5. The molecule has 8 nitrogen and oxygen atoms in total. The van der Waals surface area contributed by atoms with E-state index in [1.165, 1.54) is 11.9 Å². The fraction of sp³-hybridized carbons (Fsp3) is 0.444. The number of amides is 2. The van der Waals surface area contributed by atoms with Crippen LogP contribution in [0.3, 0.4) is 0 Å². The highest BCUT2D eigenvalue weighted by atomic mass is 16.2. The summed E-state index contributed by atoms with van der Waals surface area (Å²) in [6.07, 6.45) is 1.32. The van der Waals surface area contributed by atoms with Gasteiger partial charge in [0, 0.05) is 26.2 Å². The molecule has 1 aromatic heterocycles. The second kappa shape index (κ2) is 8.09. The van der Waals surface area contributed by atoms with Crippen molar-refractivity contribution in [3.8, 4) is 0 Å². The molecule has 2 N–H and O–H groups in total. The summed E-state index contributed by atoms with van der Waals surface area (Å²) in [5.41, 5.74) is 2.29. The molecule has 8 heteroatoms. The van der Waals surface area contributed by atoms with Gasteiger partial charge in [-0.05, 0) is 19.4 Å². The Balaban J connectivity index is 1.44. The standard InChI is InChI=1S/C18H24N6O2/c1-13-3-5-15(6-4-13)14(2)21-16(25)11-23-7-9-24(10-8-23)18(26)17-19-12-20-22-17/h3-6,12,14H,7-11H2,1-2H3,(H,21,25)(H,19,20,22)/t14-/m1/s1. The number of carbonyl (C=O) groups excluding carboxylic acids is 2. The molecule has 0 aliphatic carbocycles. The lowest BCUT2D eigenvalue weighted by Crippen LogP contribution is -2.51. The minimum absolute atomic E-state index is 0.00640. The molecule has 1 atom stereocenters. The van der Waals surface area contributed by atoms with Gasteiger partial charge in [-0.25, -0.2) is 4.98 Å². The van der Waals surface area contributed by atoms with Crippen molar-refractivity contribution in [1.82, 2.24) is 30.3 Å². The third-order valence-electron chi connectivity index (χ3n) is 4.60. The Morgan fingerprint density at radius 3 is 2.50 bits per heavy atom. The third-order valence-corrected chi connectivity index (χ3v) is 4.60. The van der Waals surface area contributed by atoms with Crippen LogP contribution in [0.15, 0.2) is 30.6 Å². The summed E-state index contributed by atoms with van der Waals surface area (Å²) in [6, 6.07) is 8.13. The Morgan fingerprint density at radius 1 is 1.19 bits per heavy atom. The van der Waals surface area contributed by atoms with E-state index in [4.69, 9.17) is 0 Å². The molecule has 138 valence electrons. The van der Waals surface area contributed by atoms with Gasteiger partial charge in [0.25, 0.3) is 5.91 Å². The van der Waals surface area contributed by atoms with E-state index in [0.29, 0.717) is 32.7 Å². The van der Waals surface area contributed by atoms with Gasteiger partial charge < -0.3 is 10.2 Å². The van der Waals surface area contributed by atoms with E-state index in [9.17, 15) is 9.59 Å². The second-order valence-electron chi connectivity index (χ2n) is 6.60. The van der Waals surface area contributed by atoms with Crippen LogP contribution in [0.4, 0.5) is 0 Å². The first-order chi connectivity index (χ1) is 12.5. The first-order valence-corrected chi connectivity index (χ1v) is 8.76. The molecule has 0 spiro atoms. The molecule has 0 bridgehead atoms. The number of piperazine rings is 1. The minimum atomic E-state index is -0.153. The SMILES string of the molecule is Cc1ccc([C@@H](C)NC(=O)CN2CCN(C(=O)c3ncn[nH]3)CC2)cc1. The van der Waals surface area contributed by atoms with Crippen molar-refractivity contribution in [1.29, 1.82) is 0 Å². The molecule has 0 unspecified atom stereocenters. The molecular weight excluding hydrogens is 332 g/mol. The number of nitrogens with zero attached hydrogens (tertiary/aromatic N) is 4. The lowest BCUT2D eigenvalue weighted by Gasteiger charge is -2.34. The molecule has 2 amide bonds. The number of rotatable bonds is 5. The summed E-state index contributed by atoms with van der Waals surface area (Å²) < 4.78 is 0. The maximum atomic E-state index is 12.3. The van der Waals surface area contributed by atoms with Gasteiger partial charge in [-0.15, -0.1) is 0 Å². The van der Waals surface area contributed by atoms with Crippen molar-refractivity contribution in [2.75, 3.05) is 32.7 Å². The van der Waals surface area contributed by atoms with Crippen molar-refractivity contribution in [3.63, 3.8) is 0 Å². The number of carbonyl (C=O) groups is 2. The molecule has 26 heavy (non-hydrogen) atoms. The number of H-pyrrole nitrogens is 1. The molecule has 1 aliphatic rings. The van der Waals surface area contributed by atoms with E-state index < -0.39 is 0 Å². The van der Waals surface area contributed by atoms with Crippen molar-refractivity contribution in [2.45, 2.75) is 19.9 Å². The summed E-state index contributed by atoms with van der Waals surface area (Å²) in [7, 11) is 0. The summed E-state index contributed by atoms with van der Waals surface area (Å²) in [4.78, 5) is 32.2. The van der Waals surface area contributed by atoms with Crippen LogP contribution in [-0.2, 0) is 4.79 Å². The van der Waals surface area contributed by atoms with Gasteiger partial charge in [-0.1, -0.05) is 29.8 Å². The normalized spacial score (nSPS) is 16.3. The molecule has 1 aromatic carbocycles. The van der Waals surface area contributed by atoms with E-state index >= 15 is 0 Å². The van der Waals surface area contributed by atoms with E-state index in [1.807, 2.05) is 38.1 Å². The zero-order valence-corrected chi connectivity index (χ0v) is 15.1. The van der Waals surface area contributed by atoms with Gasteiger partial charge in [0.05, 0.1) is 12.6 Å². The summed E-state index contributed by atoms with van der Waals surface area (Å²) >= 11 is 0. The number of benzene rings is 1. The van der Waals surface area contributed by atoms with Crippen LogP contribution in [0, 0.1) is 6.92 Å². The van der Waals surface area contributed by atoms with Crippen molar-refractivity contribution < 1.29 is 9.59 Å². The van der Waals surface area contributed by atoms with Crippen LogP contribution in [0.1, 0.15) is 34.7 Å². The molecular formula is C18H24N6O2. The Hall–Kier alpha value is -2.74. The molecule has 1 fully saturated rings. The predicted octanol–water partition coefficient (Wildman–Crippen LogP) is 0.748. The second-order valence-corrected chi connectivity index (χ2v) is 6.60. The summed E-state index contributed by atoms with van der Waals surface area (Å²) in [6.45, 7) is 6.82. The average Bonchev–Trinajstić information content (AvgIpc) is 3.17. The van der Waals surface area contributed by atoms with Gasteiger partial charge >= 0.3 is 0 Å². The van der Waals surface area contributed by atoms with Crippen molar-refractivity contribution >= 4 is 11.8 Å². The summed E-state index contributed by atoms with van der Waals surface area (Å²) in [5, 5.41) is 9.33. The van der Waals surface area contributed by atoms with Crippen LogP contribution in [0.5, 0.6) is 0 Å². The van der Waals surface area contributed by atoms with Crippen molar-refractivity contribution in [2.24, 2.45) is 0 Å². The van der Waals surface area contributed by atoms with Gasteiger partial charge in [0.2, 0.25) is 11.7 Å². The maximum Gasteiger partial charge on any atom is 0.291 e. The molecule has 2 aromatic rings. The number of hydrogen-bond donors (Lipinski definition) is 2. The summed E-state index contributed by atoms with van der Waals surface area (Å²) in [5.74, 6) is 0.0933. The number of aromatic nitrogens is 3. The van der Waals surface area contributed by atoms with Gasteiger partial charge in [0.1, 0.15) is 6.33 Å². The highest BCUT2D eigenvalue weighted by molar-refractivity contribution is 5.90. The maximum absolute atomic E-state index is 12.3. The number of aryl methyl sites for hydroxylation is 1. The molecule has 0 radical (unpaired) electrons. The fourth-order valence-electron chi connectivity index (χ4n) is 3.00. The van der Waals surface area contributed by atoms with E-state index in [0.717, 1.165) is 5.56 Å². The lowest BCUT2D eigenvalue weighted by atomic mass is 10.1. The molecule has 3 rings (SSSR count). The number of aromatic amines is 1. The Bertz CT molecular complexity index is 736. The fourth-order valence-corrected chi connectivity index (χ4v) is 3.00. The van der Waals surface area contributed by atoms with Crippen LogP contribution < -0.4 is 5.32 Å². The average molecular weight is 356 g/mol. The molecule has 1 saturated heterocycles. The van der Waals surface area contributed by atoms with E-state index in [-0.39, 0.29) is 23.7 Å². The Labute approximate surface area is 152 Å². The van der Waals surface area contributed by atoms with Gasteiger partial charge in [0.15, 0.2) is 0 Å². The van der Waals surface area contributed by atoms with Gasteiger partial charge in [-0.2, -0.15) is 5.10 Å². The Morgan fingerprint density at radius 2 is 1.88 bits per heavy atom. The van der Waals surface area contributed by atoms with Crippen molar-refractivity contribution in [3.05, 3.63) is 47.5 Å². The largest absolute Gasteiger partial charge is 0.348 e. The zero-order valence-electron chi connectivity index (χ0n) is 15.1. The van der Waals surface area contributed by atoms with E-state index in [1.54, 1.807) is 4.90 Å². The highest BCUT2D eigenvalue weighted by Crippen LogP contribution is 2.13.